The number of para-hydroxylation sites is 1. The van der Waals surface area contributed by atoms with Crippen LogP contribution in [0.25, 0.3) is 0 Å². The molecule has 8 heteroatoms. The number of hydrogen-bond acceptors (Lipinski definition) is 3. The van der Waals surface area contributed by atoms with Gasteiger partial charge in [-0.1, -0.05) is 12.1 Å². The van der Waals surface area contributed by atoms with Gasteiger partial charge in [0.05, 0.1) is 18.8 Å². The van der Waals surface area contributed by atoms with E-state index in [1.54, 1.807) is 0 Å². The molecule has 0 spiro atoms. The summed E-state index contributed by atoms with van der Waals surface area (Å²) in [5.74, 6) is 0.866. The van der Waals surface area contributed by atoms with E-state index >= 15 is 0 Å². The smallest absolute Gasteiger partial charge is 0.493 e. The molecule has 0 atom stereocenters. The molecule has 1 aromatic carbocycles. The molecule has 0 unspecified atom stereocenters. The van der Waals surface area contributed by atoms with Gasteiger partial charge in [-0.25, -0.2) is 0 Å². The molecule has 0 saturated heterocycles. The van der Waals surface area contributed by atoms with Crippen molar-refractivity contribution in [3.8, 4) is 5.75 Å². The van der Waals surface area contributed by atoms with Gasteiger partial charge in [0.1, 0.15) is 5.75 Å². The Morgan fingerprint density at radius 2 is 1.63 bits per heavy atom. The second kappa shape index (κ2) is 8.39. The normalized spacial score (nSPS) is 10.2. The lowest BCUT2D eigenvalue weighted by molar-refractivity contribution is 0.315. The Kier molecular flexibility index (Phi) is 7.63. The zero-order valence-corrected chi connectivity index (χ0v) is 10.6. The summed E-state index contributed by atoms with van der Waals surface area (Å²) in [6, 6.07) is 7.41. The number of nitrogens with one attached hydrogen (secondary N) is 1. The lowest BCUT2D eigenvalue weighted by Crippen LogP contribution is -2.07. The van der Waals surface area contributed by atoms with E-state index in [4.69, 9.17) is 14.9 Å². The van der Waals surface area contributed by atoms with Gasteiger partial charge in [-0.2, -0.15) is 0 Å². The average Bonchev–Trinajstić information content (AvgIpc) is 2.28. The molecule has 0 aliphatic rings. The number of benzene rings is 1. The quantitative estimate of drug-likeness (QED) is 0.395. The molecule has 1 N–H and O–H groups in total. The molecule has 3 nitrogen and oxygen atoms in total. The summed E-state index contributed by atoms with van der Waals surface area (Å²) in [4.78, 5) is 0. The predicted molar refractivity (Wildman–Crippen MR) is 66.3 cm³/mol. The lowest BCUT2D eigenvalue weighted by Gasteiger charge is -2.10. The minimum atomic E-state index is -6.00. The SMILES string of the molecule is CCOC(=N)c1ccccc1OCC.F[B-](F)(F)F. The van der Waals surface area contributed by atoms with Gasteiger partial charge >= 0.3 is 7.25 Å². The van der Waals surface area contributed by atoms with Crippen LogP contribution in [0.2, 0.25) is 0 Å². The first-order chi connectivity index (χ1) is 8.79. The van der Waals surface area contributed by atoms with E-state index in [9.17, 15) is 17.3 Å². The van der Waals surface area contributed by atoms with Crippen molar-refractivity contribution in [2.45, 2.75) is 13.8 Å². The van der Waals surface area contributed by atoms with Crippen LogP contribution < -0.4 is 4.74 Å². The summed E-state index contributed by atoms with van der Waals surface area (Å²) in [7, 11) is -6.00. The number of rotatable bonds is 4. The summed E-state index contributed by atoms with van der Waals surface area (Å²) in [5, 5.41) is 7.65. The van der Waals surface area contributed by atoms with Gasteiger partial charge in [-0.3, -0.25) is 5.41 Å². The van der Waals surface area contributed by atoms with Crippen LogP contribution in [-0.2, 0) is 4.74 Å². The average molecular weight is 280 g/mol. The van der Waals surface area contributed by atoms with Crippen molar-refractivity contribution in [1.82, 2.24) is 0 Å². The third-order valence-corrected chi connectivity index (χ3v) is 1.72. The van der Waals surface area contributed by atoms with Gasteiger partial charge in [-0.15, -0.1) is 0 Å². The van der Waals surface area contributed by atoms with Crippen LogP contribution in [0.4, 0.5) is 17.3 Å². The standard InChI is InChI=1S/C11H15NO2.BF4/c1-3-13-10-8-6-5-7-9(10)11(12)14-4-2;2-1(3,4)5/h5-8,12H,3-4H2,1-2H3;/q;-1. The van der Waals surface area contributed by atoms with Gasteiger partial charge in [0, 0.05) is 0 Å². The highest BCUT2D eigenvalue weighted by Gasteiger charge is 2.20. The Hall–Kier alpha value is -1.73. The molecule has 19 heavy (non-hydrogen) atoms. The van der Waals surface area contributed by atoms with Gasteiger partial charge in [0.15, 0.2) is 0 Å². The van der Waals surface area contributed by atoms with E-state index in [0.29, 0.717) is 24.5 Å². The van der Waals surface area contributed by atoms with Crippen LogP contribution in [0.3, 0.4) is 0 Å². The fraction of sp³-hybridized carbons (Fsp3) is 0.364. The fourth-order valence-corrected chi connectivity index (χ4v) is 1.16. The molecule has 0 heterocycles. The maximum atomic E-state index is 9.75. The Morgan fingerprint density at radius 1 is 1.11 bits per heavy atom. The van der Waals surface area contributed by atoms with Crippen molar-refractivity contribution in [2.24, 2.45) is 0 Å². The lowest BCUT2D eigenvalue weighted by atomic mass is 10.2. The van der Waals surface area contributed by atoms with Gasteiger partial charge in [0.2, 0.25) is 5.90 Å². The van der Waals surface area contributed by atoms with Gasteiger partial charge < -0.3 is 26.7 Å². The zero-order valence-electron chi connectivity index (χ0n) is 10.6. The molecule has 0 aromatic heterocycles. The van der Waals surface area contributed by atoms with Crippen molar-refractivity contribution in [3.05, 3.63) is 29.8 Å². The summed E-state index contributed by atoms with van der Waals surface area (Å²) >= 11 is 0. The van der Waals surface area contributed by atoms with Crippen molar-refractivity contribution < 1.29 is 26.7 Å². The van der Waals surface area contributed by atoms with Crippen LogP contribution in [0.15, 0.2) is 24.3 Å². The zero-order chi connectivity index (χ0) is 14.9. The molecule has 0 fully saturated rings. The third kappa shape index (κ3) is 8.93. The third-order valence-electron chi connectivity index (χ3n) is 1.72. The highest BCUT2D eigenvalue weighted by Crippen LogP contribution is 2.18. The van der Waals surface area contributed by atoms with Gasteiger partial charge in [-0.05, 0) is 26.0 Å². The molecule has 0 amide bonds. The summed E-state index contributed by atoms with van der Waals surface area (Å²) in [5.41, 5.74) is 0.705. The van der Waals surface area contributed by atoms with Gasteiger partial charge in [0.25, 0.3) is 0 Å². The summed E-state index contributed by atoms with van der Waals surface area (Å²) in [6.45, 7) is 4.87. The van der Waals surface area contributed by atoms with Crippen LogP contribution in [0.1, 0.15) is 19.4 Å². The maximum absolute atomic E-state index is 9.75. The van der Waals surface area contributed by atoms with Crippen molar-refractivity contribution in [1.29, 1.82) is 5.41 Å². The second-order valence-corrected chi connectivity index (χ2v) is 3.19. The van der Waals surface area contributed by atoms with Crippen molar-refractivity contribution in [2.75, 3.05) is 13.2 Å². The van der Waals surface area contributed by atoms with E-state index in [0.717, 1.165) is 0 Å². The second-order valence-electron chi connectivity index (χ2n) is 3.19. The summed E-state index contributed by atoms with van der Waals surface area (Å²) < 4.78 is 49.5. The predicted octanol–water partition coefficient (Wildman–Crippen LogP) is 3.75. The first-order valence-corrected chi connectivity index (χ1v) is 5.60. The maximum Gasteiger partial charge on any atom is 0.673 e. The van der Waals surface area contributed by atoms with Crippen molar-refractivity contribution in [3.63, 3.8) is 0 Å². The first-order valence-electron chi connectivity index (χ1n) is 5.60. The monoisotopic (exact) mass is 280 g/mol. The molecule has 1 aromatic rings. The molecule has 0 saturated carbocycles. The Balaban J connectivity index is 0.000000555. The highest BCUT2D eigenvalue weighted by molar-refractivity contribution is 6.50. The minimum absolute atomic E-state index is 0.163. The Labute approximate surface area is 109 Å². The van der Waals surface area contributed by atoms with E-state index < -0.39 is 7.25 Å². The first kappa shape index (κ1) is 17.3. The van der Waals surface area contributed by atoms with E-state index in [-0.39, 0.29) is 5.90 Å². The van der Waals surface area contributed by atoms with Crippen LogP contribution in [-0.4, -0.2) is 26.4 Å². The minimum Gasteiger partial charge on any atom is -0.493 e. The Bertz CT molecular complexity index is 393. The van der Waals surface area contributed by atoms with E-state index in [1.807, 2.05) is 38.1 Å². The topological polar surface area (TPSA) is 42.3 Å². The molecule has 0 aliphatic carbocycles. The number of ether oxygens (including phenoxy) is 2. The largest absolute Gasteiger partial charge is 0.673 e. The van der Waals surface area contributed by atoms with Crippen LogP contribution in [0.5, 0.6) is 5.75 Å². The Morgan fingerprint density at radius 3 is 2.11 bits per heavy atom. The molecule has 0 bridgehead atoms. The molecule has 108 valence electrons. The molecule has 0 radical (unpaired) electrons. The highest BCUT2D eigenvalue weighted by atomic mass is 19.5. The van der Waals surface area contributed by atoms with E-state index in [2.05, 4.69) is 0 Å². The van der Waals surface area contributed by atoms with Crippen LogP contribution in [0, 0.1) is 5.41 Å². The van der Waals surface area contributed by atoms with Crippen molar-refractivity contribution >= 4 is 13.2 Å². The number of halogens is 4. The molecular weight excluding hydrogens is 265 g/mol. The fourth-order valence-electron chi connectivity index (χ4n) is 1.16. The molecular formula is C11H15BF4NO2-. The molecule has 1 rings (SSSR count). The van der Waals surface area contributed by atoms with Crippen LogP contribution >= 0.6 is 0 Å². The van der Waals surface area contributed by atoms with E-state index in [1.165, 1.54) is 0 Å². The molecule has 0 aliphatic heterocycles. The summed E-state index contributed by atoms with van der Waals surface area (Å²) in [6.07, 6.45) is 0. The number of hydrogen-bond donors (Lipinski definition) is 1.